The number of nitrogens with zero attached hydrogens (tertiary/aromatic N) is 2. The topological polar surface area (TPSA) is 40.6 Å². The van der Waals surface area contributed by atoms with Gasteiger partial charge in [0.2, 0.25) is 10.0 Å². The first-order chi connectivity index (χ1) is 16.1. The van der Waals surface area contributed by atoms with Crippen LogP contribution in [-0.2, 0) is 10.0 Å². The van der Waals surface area contributed by atoms with Gasteiger partial charge in [0.05, 0.1) is 4.90 Å². The van der Waals surface area contributed by atoms with Gasteiger partial charge in [-0.05, 0) is 61.0 Å². The van der Waals surface area contributed by atoms with E-state index in [1.54, 1.807) is 28.6 Å². The van der Waals surface area contributed by atoms with Crippen molar-refractivity contribution >= 4 is 10.0 Å². The van der Waals surface area contributed by atoms with Gasteiger partial charge < -0.3 is 4.90 Å². The van der Waals surface area contributed by atoms with E-state index >= 15 is 0 Å². The monoisotopic (exact) mass is 460 g/mol. The van der Waals surface area contributed by atoms with Gasteiger partial charge >= 0.3 is 0 Å². The first kappa shape index (κ1) is 22.3. The number of piperidine rings is 1. The normalized spacial score (nSPS) is 23.0. The number of sulfonamides is 1. The maximum absolute atomic E-state index is 13.4. The van der Waals surface area contributed by atoms with Gasteiger partial charge in [-0.15, -0.1) is 0 Å². The lowest BCUT2D eigenvalue weighted by Crippen LogP contribution is -2.38. The van der Waals surface area contributed by atoms with Crippen LogP contribution in [-0.4, -0.2) is 50.3 Å². The Morgan fingerprint density at radius 3 is 1.85 bits per heavy atom. The van der Waals surface area contributed by atoms with Crippen LogP contribution in [0, 0.1) is 5.92 Å². The second-order valence-corrected chi connectivity index (χ2v) is 11.3. The maximum atomic E-state index is 13.4. The third kappa shape index (κ3) is 4.91. The van der Waals surface area contributed by atoms with Gasteiger partial charge in [-0.3, -0.25) is 0 Å². The SMILES string of the molecule is O=S(=O)(c1ccccc1)N1CC(CN2CCC(c3ccccc3)CC2)C(c2ccccc2)C1. The van der Waals surface area contributed by atoms with Crippen molar-refractivity contribution in [2.75, 3.05) is 32.7 Å². The first-order valence-electron chi connectivity index (χ1n) is 12.0. The van der Waals surface area contributed by atoms with Gasteiger partial charge in [0.1, 0.15) is 0 Å². The molecule has 5 heteroatoms. The summed E-state index contributed by atoms with van der Waals surface area (Å²) in [6.07, 6.45) is 2.33. The molecular weight excluding hydrogens is 428 g/mol. The number of hydrogen-bond acceptors (Lipinski definition) is 3. The van der Waals surface area contributed by atoms with Crippen molar-refractivity contribution in [2.45, 2.75) is 29.6 Å². The summed E-state index contributed by atoms with van der Waals surface area (Å²) in [5.74, 6) is 1.14. The van der Waals surface area contributed by atoms with Crippen LogP contribution in [0.5, 0.6) is 0 Å². The van der Waals surface area contributed by atoms with Crippen molar-refractivity contribution < 1.29 is 8.42 Å². The summed E-state index contributed by atoms with van der Waals surface area (Å²) in [6, 6.07) is 30.1. The zero-order valence-electron chi connectivity index (χ0n) is 19.0. The Bertz CT molecular complexity index is 1130. The van der Waals surface area contributed by atoms with Gasteiger partial charge in [-0.2, -0.15) is 4.31 Å². The van der Waals surface area contributed by atoms with Crippen LogP contribution in [0.4, 0.5) is 0 Å². The summed E-state index contributed by atoms with van der Waals surface area (Å²) in [6.45, 7) is 4.22. The number of likely N-dealkylation sites (tertiary alicyclic amines) is 1. The maximum Gasteiger partial charge on any atom is 0.243 e. The molecule has 0 spiro atoms. The highest BCUT2D eigenvalue weighted by atomic mass is 32.2. The molecule has 172 valence electrons. The van der Waals surface area contributed by atoms with E-state index in [0.717, 1.165) is 19.6 Å². The third-order valence-electron chi connectivity index (χ3n) is 7.37. The molecule has 0 N–H and O–H groups in total. The Morgan fingerprint density at radius 2 is 1.24 bits per heavy atom. The van der Waals surface area contributed by atoms with E-state index < -0.39 is 10.0 Å². The van der Waals surface area contributed by atoms with Crippen LogP contribution < -0.4 is 0 Å². The van der Waals surface area contributed by atoms with Gasteiger partial charge in [0, 0.05) is 25.6 Å². The third-order valence-corrected chi connectivity index (χ3v) is 9.21. The molecule has 2 heterocycles. The second-order valence-electron chi connectivity index (χ2n) is 9.40. The van der Waals surface area contributed by atoms with E-state index in [2.05, 4.69) is 59.5 Å². The van der Waals surface area contributed by atoms with E-state index in [0.29, 0.717) is 29.8 Å². The Morgan fingerprint density at radius 1 is 0.697 bits per heavy atom. The van der Waals surface area contributed by atoms with Gasteiger partial charge in [0.25, 0.3) is 0 Å². The van der Waals surface area contributed by atoms with E-state index in [9.17, 15) is 8.42 Å². The Kier molecular flexibility index (Phi) is 6.63. The van der Waals surface area contributed by atoms with Crippen molar-refractivity contribution in [3.8, 4) is 0 Å². The first-order valence-corrected chi connectivity index (χ1v) is 13.4. The smallest absolute Gasteiger partial charge is 0.243 e. The summed E-state index contributed by atoms with van der Waals surface area (Å²) in [7, 11) is -3.48. The minimum atomic E-state index is -3.48. The van der Waals surface area contributed by atoms with Crippen LogP contribution in [0.15, 0.2) is 95.9 Å². The highest BCUT2D eigenvalue weighted by molar-refractivity contribution is 7.89. The van der Waals surface area contributed by atoms with E-state index in [-0.39, 0.29) is 5.92 Å². The number of hydrogen-bond donors (Lipinski definition) is 0. The van der Waals surface area contributed by atoms with Crippen molar-refractivity contribution in [3.63, 3.8) is 0 Å². The summed E-state index contributed by atoms with van der Waals surface area (Å²) in [5, 5.41) is 0. The molecule has 0 bridgehead atoms. The van der Waals surface area contributed by atoms with Gasteiger partial charge in [0.15, 0.2) is 0 Å². The second kappa shape index (κ2) is 9.80. The number of rotatable bonds is 6. The lowest BCUT2D eigenvalue weighted by molar-refractivity contribution is 0.180. The molecule has 0 saturated carbocycles. The van der Waals surface area contributed by atoms with Gasteiger partial charge in [-0.1, -0.05) is 78.9 Å². The largest absolute Gasteiger partial charge is 0.303 e. The molecule has 3 aromatic rings. The molecule has 4 nitrogen and oxygen atoms in total. The van der Waals surface area contributed by atoms with Crippen molar-refractivity contribution in [1.82, 2.24) is 9.21 Å². The van der Waals surface area contributed by atoms with Crippen LogP contribution >= 0.6 is 0 Å². The number of benzene rings is 3. The van der Waals surface area contributed by atoms with Crippen LogP contribution in [0.25, 0.3) is 0 Å². The van der Waals surface area contributed by atoms with Crippen molar-refractivity contribution in [1.29, 1.82) is 0 Å². The lowest BCUT2D eigenvalue weighted by atomic mass is 9.86. The molecule has 3 aromatic carbocycles. The molecule has 2 aliphatic rings. The summed E-state index contributed by atoms with van der Waals surface area (Å²) < 4.78 is 28.4. The highest BCUT2D eigenvalue weighted by Gasteiger charge is 2.40. The van der Waals surface area contributed by atoms with Crippen LogP contribution in [0.2, 0.25) is 0 Å². The molecule has 2 saturated heterocycles. The molecular formula is C28H32N2O2S. The minimum absolute atomic E-state index is 0.219. The average molecular weight is 461 g/mol. The zero-order chi connectivity index (χ0) is 22.7. The van der Waals surface area contributed by atoms with E-state index in [4.69, 9.17) is 0 Å². The summed E-state index contributed by atoms with van der Waals surface area (Å²) >= 11 is 0. The van der Waals surface area contributed by atoms with Crippen LogP contribution in [0.1, 0.15) is 35.8 Å². The fourth-order valence-electron chi connectivity index (χ4n) is 5.54. The fraction of sp³-hybridized carbons (Fsp3) is 0.357. The molecule has 0 amide bonds. The molecule has 2 unspecified atom stereocenters. The molecule has 2 aliphatic heterocycles. The predicted octanol–water partition coefficient (Wildman–Crippen LogP) is 4.97. The van der Waals surface area contributed by atoms with Crippen molar-refractivity contribution in [3.05, 3.63) is 102 Å². The summed E-state index contributed by atoms with van der Waals surface area (Å²) in [5.41, 5.74) is 2.69. The highest BCUT2D eigenvalue weighted by Crippen LogP contribution is 2.37. The summed E-state index contributed by atoms with van der Waals surface area (Å²) in [4.78, 5) is 2.94. The van der Waals surface area contributed by atoms with Crippen LogP contribution in [0.3, 0.4) is 0 Å². The standard InChI is InChI=1S/C28H32N2O2S/c31-33(32,27-14-8-3-9-15-27)30-21-26(28(22-30)25-12-6-2-7-13-25)20-29-18-16-24(17-19-29)23-10-4-1-5-11-23/h1-15,24,26,28H,16-22H2. The Balaban J connectivity index is 1.31. The quantitative estimate of drug-likeness (QED) is 0.521. The lowest BCUT2D eigenvalue weighted by Gasteiger charge is -2.35. The minimum Gasteiger partial charge on any atom is -0.303 e. The van der Waals surface area contributed by atoms with Gasteiger partial charge in [-0.25, -0.2) is 8.42 Å². The van der Waals surface area contributed by atoms with Crippen molar-refractivity contribution in [2.24, 2.45) is 5.92 Å². The van der Waals surface area contributed by atoms with E-state index in [1.165, 1.54) is 24.0 Å². The molecule has 0 aromatic heterocycles. The molecule has 33 heavy (non-hydrogen) atoms. The molecule has 2 fully saturated rings. The molecule has 0 aliphatic carbocycles. The average Bonchev–Trinajstić information content (AvgIpc) is 3.31. The zero-order valence-corrected chi connectivity index (χ0v) is 19.8. The molecule has 5 rings (SSSR count). The Hall–Kier alpha value is -2.47. The van der Waals surface area contributed by atoms with E-state index in [1.807, 2.05) is 12.1 Å². The molecule has 2 atom stereocenters. The molecule has 0 radical (unpaired) electrons. The predicted molar refractivity (Wildman–Crippen MR) is 133 cm³/mol. The fourth-order valence-corrected chi connectivity index (χ4v) is 7.08. The Labute approximate surface area is 197 Å².